The van der Waals surface area contributed by atoms with Gasteiger partial charge in [-0.05, 0) is 42.5 Å². The molecule has 31 heavy (non-hydrogen) atoms. The van der Waals surface area contributed by atoms with Crippen molar-refractivity contribution < 1.29 is 23.1 Å². The number of sulfonamides is 1. The Morgan fingerprint density at radius 3 is 2.65 bits per heavy atom. The van der Waals surface area contributed by atoms with E-state index in [-0.39, 0.29) is 31.1 Å². The monoisotopic (exact) mass is 527 g/mol. The molecule has 1 amide bonds. The summed E-state index contributed by atoms with van der Waals surface area (Å²) >= 11 is 9.12. The average molecular weight is 529 g/mol. The maximum absolute atomic E-state index is 12.8. The van der Waals surface area contributed by atoms with E-state index in [4.69, 9.17) is 16.3 Å². The molecule has 1 aromatic heterocycles. The second-order valence-corrected chi connectivity index (χ2v) is 9.56. The van der Waals surface area contributed by atoms with Crippen LogP contribution in [-0.2, 0) is 10.0 Å². The summed E-state index contributed by atoms with van der Waals surface area (Å²) in [6.45, 7) is 0.0653. The van der Waals surface area contributed by atoms with E-state index in [0.29, 0.717) is 26.0 Å². The van der Waals surface area contributed by atoms with Gasteiger partial charge in [-0.25, -0.2) is 17.9 Å². The van der Waals surface area contributed by atoms with E-state index in [1.807, 2.05) is 0 Å². The normalized spacial score (nSPS) is 11.4. The number of halogens is 2. The van der Waals surface area contributed by atoms with Crippen LogP contribution in [0.1, 0.15) is 0 Å². The molecule has 0 aliphatic rings. The highest BCUT2D eigenvalue weighted by Gasteiger charge is 2.19. The zero-order valence-corrected chi connectivity index (χ0v) is 19.3. The van der Waals surface area contributed by atoms with Crippen LogP contribution in [0.4, 0.5) is 4.79 Å². The third-order valence-corrected chi connectivity index (χ3v) is 6.57. The van der Waals surface area contributed by atoms with Crippen molar-refractivity contribution in [3.8, 4) is 5.75 Å². The van der Waals surface area contributed by atoms with E-state index in [2.05, 4.69) is 25.6 Å². The number of carboxylic acid groups (broad SMARTS) is 1. The second kappa shape index (κ2) is 10.3. The molecule has 11 heteroatoms. The van der Waals surface area contributed by atoms with Gasteiger partial charge in [-0.2, -0.15) is 0 Å². The molecule has 0 aliphatic heterocycles. The molecule has 2 aromatic carbocycles. The van der Waals surface area contributed by atoms with Crippen LogP contribution in [0.3, 0.4) is 0 Å². The molecule has 0 saturated carbocycles. The molecule has 1 heterocycles. The Kier molecular flexibility index (Phi) is 7.71. The number of amides is 1. The molecule has 0 bridgehead atoms. The summed E-state index contributed by atoms with van der Waals surface area (Å²) in [5.41, 5.74) is 0. The van der Waals surface area contributed by atoms with Crippen LogP contribution in [0.15, 0.2) is 64.2 Å². The SMILES string of the molecule is O=C(O)N(CCNS(=O)(=O)c1cc(Br)cc2cnccc12)CCOc1ccc(Cl)cc1. The summed E-state index contributed by atoms with van der Waals surface area (Å²) in [5.74, 6) is 0.562. The van der Waals surface area contributed by atoms with Crippen LogP contribution in [0.5, 0.6) is 5.75 Å². The average Bonchev–Trinajstić information content (AvgIpc) is 2.73. The summed E-state index contributed by atoms with van der Waals surface area (Å²) in [6, 6.07) is 11.6. The van der Waals surface area contributed by atoms with Crippen LogP contribution in [0.2, 0.25) is 5.02 Å². The van der Waals surface area contributed by atoms with Gasteiger partial charge in [0.2, 0.25) is 10.0 Å². The van der Waals surface area contributed by atoms with Crippen molar-refractivity contribution in [3.63, 3.8) is 0 Å². The molecule has 164 valence electrons. The quantitative estimate of drug-likeness (QED) is 0.435. The van der Waals surface area contributed by atoms with Gasteiger partial charge in [-0.3, -0.25) is 4.98 Å². The second-order valence-electron chi connectivity index (χ2n) is 6.47. The molecule has 0 fully saturated rings. The molecule has 0 aliphatic carbocycles. The standard InChI is InChI=1S/C20H19BrClN3O5S/c21-15-11-14-13-23-6-5-18(14)19(12-15)31(28,29)24-7-8-25(20(26)27)9-10-30-17-3-1-16(22)2-4-17/h1-6,11-13,24H,7-10H2,(H,26,27). The van der Waals surface area contributed by atoms with E-state index >= 15 is 0 Å². The lowest BCUT2D eigenvalue weighted by atomic mass is 10.2. The van der Waals surface area contributed by atoms with Gasteiger partial charge in [0.05, 0.1) is 11.4 Å². The Labute approximate surface area is 193 Å². The highest BCUT2D eigenvalue weighted by molar-refractivity contribution is 9.10. The summed E-state index contributed by atoms with van der Waals surface area (Å²) in [5, 5.41) is 11.2. The van der Waals surface area contributed by atoms with Gasteiger partial charge >= 0.3 is 6.09 Å². The fraction of sp³-hybridized carbons (Fsp3) is 0.200. The maximum atomic E-state index is 12.8. The number of fused-ring (bicyclic) bond motifs is 1. The number of hydrogen-bond donors (Lipinski definition) is 2. The van der Waals surface area contributed by atoms with Crippen molar-refractivity contribution in [3.05, 3.63) is 64.4 Å². The third kappa shape index (κ3) is 6.30. The van der Waals surface area contributed by atoms with Gasteiger partial charge < -0.3 is 14.7 Å². The number of rotatable bonds is 9. The molecule has 2 N–H and O–H groups in total. The van der Waals surface area contributed by atoms with Gasteiger partial charge in [-0.1, -0.05) is 27.5 Å². The van der Waals surface area contributed by atoms with Gasteiger partial charge in [0, 0.05) is 45.8 Å². The van der Waals surface area contributed by atoms with E-state index < -0.39 is 16.1 Å². The number of ether oxygens (including phenoxy) is 1. The highest BCUT2D eigenvalue weighted by Crippen LogP contribution is 2.27. The summed E-state index contributed by atoms with van der Waals surface area (Å²) < 4.78 is 34.2. The zero-order valence-electron chi connectivity index (χ0n) is 16.2. The van der Waals surface area contributed by atoms with Gasteiger partial charge in [0.1, 0.15) is 12.4 Å². The number of pyridine rings is 1. The van der Waals surface area contributed by atoms with Crippen LogP contribution >= 0.6 is 27.5 Å². The fourth-order valence-corrected chi connectivity index (χ4v) is 4.89. The van der Waals surface area contributed by atoms with Gasteiger partial charge in [-0.15, -0.1) is 0 Å². The van der Waals surface area contributed by atoms with Crippen molar-refractivity contribution in [2.75, 3.05) is 26.2 Å². The number of aromatic nitrogens is 1. The molecule has 8 nitrogen and oxygen atoms in total. The van der Waals surface area contributed by atoms with Gasteiger partial charge in [0.25, 0.3) is 0 Å². The molecular formula is C20H19BrClN3O5S. The summed E-state index contributed by atoms with van der Waals surface area (Å²) in [7, 11) is -3.87. The molecule has 3 rings (SSSR count). The Morgan fingerprint density at radius 1 is 1.19 bits per heavy atom. The van der Waals surface area contributed by atoms with E-state index in [1.54, 1.807) is 42.6 Å². The minimum Gasteiger partial charge on any atom is -0.492 e. The molecule has 0 saturated heterocycles. The number of hydrogen-bond acceptors (Lipinski definition) is 5. The lowest BCUT2D eigenvalue weighted by Gasteiger charge is -2.20. The minimum atomic E-state index is -3.87. The Bertz CT molecular complexity index is 1180. The van der Waals surface area contributed by atoms with Crippen molar-refractivity contribution >= 4 is 54.4 Å². The molecule has 0 spiro atoms. The Morgan fingerprint density at radius 2 is 1.94 bits per heavy atom. The maximum Gasteiger partial charge on any atom is 0.407 e. The first kappa shape index (κ1) is 23.3. The van der Waals surface area contributed by atoms with Crippen LogP contribution in [-0.4, -0.2) is 55.7 Å². The molecule has 0 radical (unpaired) electrons. The number of nitrogens with one attached hydrogen (secondary N) is 1. The van der Waals surface area contributed by atoms with Crippen LogP contribution in [0, 0.1) is 0 Å². The molecule has 0 atom stereocenters. The molecule has 0 unspecified atom stereocenters. The number of benzene rings is 2. The first-order valence-electron chi connectivity index (χ1n) is 9.15. The summed E-state index contributed by atoms with van der Waals surface area (Å²) in [6.07, 6.45) is 1.92. The topological polar surface area (TPSA) is 109 Å². The van der Waals surface area contributed by atoms with Crippen molar-refractivity contribution in [1.29, 1.82) is 0 Å². The highest BCUT2D eigenvalue weighted by atomic mass is 79.9. The van der Waals surface area contributed by atoms with E-state index in [1.165, 1.54) is 12.3 Å². The third-order valence-electron chi connectivity index (χ3n) is 4.36. The van der Waals surface area contributed by atoms with Crippen molar-refractivity contribution in [2.24, 2.45) is 0 Å². The van der Waals surface area contributed by atoms with Crippen LogP contribution < -0.4 is 9.46 Å². The number of carbonyl (C=O) groups is 1. The first-order chi connectivity index (χ1) is 14.8. The minimum absolute atomic E-state index is 0.0357. The zero-order chi connectivity index (χ0) is 22.4. The Hall–Kier alpha value is -2.40. The predicted molar refractivity (Wildman–Crippen MR) is 121 cm³/mol. The predicted octanol–water partition coefficient (Wildman–Crippen LogP) is 3.99. The molecular weight excluding hydrogens is 510 g/mol. The largest absolute Gasteiger partial charge is 0.492 e. The summed E-state index contributed by atoms with van der Waals surface area (Å²) in [4.78, 5) is 16.7. The van der Waals surface area contributed by atoms with Gasteiger partial charge in [0.15, 0.2) is 0 Å². The van der Waals surface area contributed by atoms with Crippen molar-refractivity contribution in [2.45, 2.75) is 4.90 Å². The smallest absolute Gasteiger partial charge is 0.407 e. The van der Waals surface area contributed by atoms with Crippen molar-refractivity contribution in [1.82, 2.24) is 14.6 Å². The fourth-order valence-electron chi connectivity index (χ4n) is 2.86. The number of nitrogens with zero attached hydrogens (tertiary/aromatic N) is 2. The van der Waals surface area contributed by atoms with E-state index in [0.717, 1.165) is 4.90 Å². The first-order valence-corrected chi connectivity index (χ1v) is 11.8. The van der Waals surface area contributed by atoms with Crippen LogP contribution in [0.25, 0.3) is 10.8 Å². The molecule has 3 aromatic rings. The Balaban J connectivity index is 1.60. The lowest BCUT2D eigenvalue weighted by molar-refractivity contribution is 0.136. The van der Waals surface area contributed by atoms with E-state index in [9.17, 15) is 18.3 Å². The lowest BCUT2D eigenvalue weighted by Crippen LogP contribution is -2.40.